The van der Waals surface area contributed by atoms with Crippen LogP contribution in [0.3, 0.4) is 0 Å². The number of piperazine rings is 1. The fraction of sp³-hybridized carbons (Fsp3) is 0.421. The number of amides is 1. The first-order valence-electron chi connectivity index (χ1n) is 9.49. The van der Waals surface area contributed by atoms with Crippen LogP contribution in [0.4, 0.5) is 5.00 Å². The Kier molecular flexibility index (Phi) is 4.42. The van der Waals surface area contributed by atoms with E-state index in [1.165, 1.54) is 18.4 Å². The van der Waals surface area contributed by atoms with E-state index in [1.807, 2.05) is 21.6 Å². The maximum Gasteiger partial charge on any atom is 0.359 e. The van der Waals surface area contributed by atoms with Crippen LogP contribution < -0.4 is 4.90 Å². The van der Waals surface area contributed by atoms with Gasteiger partial charge in [0.15, 0.2) is 11.3 Å². The molecule has 1 amide bonds. The van der Waals surface area contributed by atoms with Crippen LogP contribution in [-0.4, -0.2) is 68.6 Å². The van der Waals surface area contributed by atoms with E-state index in [4.69, 9.17) is 4.74 Å². The molecule has 10 heteroatoms. The molecule has 2 atom stereocenters. The van der Waals surface area contributed by atoms with Gasteiger partial charge in [0.25, 0.3) is 0 Å². The molecular formula is C19H20N6O3S. The van der Waals surface area contributed by atoms with E-state index in [2.05, 4.69) is 19.9 Å². The van der Waals surface area contributed by atoms with Crippen molar-refractivity contribution in [1.82, 2.24) is 24.4 Å². The van der Waals surface area contributed by atoms with E-state index >= 15 is 0 Å². The van der Waals surface area contributed by atoms with Gasteiger partial charge in [-0.25, -0.2) is 19.7 Å². The lowest BCUT2D eigenvalue weighted by Gasteiger charge is -2.41. The molecule has 0 unspecified atom stereocenters. The average molecular weight is 412 g/mol. The third-order valence-electron chi connectivity index (χ3n) is 5.66. The molecule has 9 nitrogen and oxygen atoms in total. The second kappa shape index (κ2) is 7.11. The molecule has 0 aliphatic carbocycles. The van der Waals surface area contributed by atoms with Crippen molar-refractivity contribution in [2.24, 2.45) is 0 Å². The Morgan fingerprint density at radius 2 is 2.00 bits per heavy atom. The number of carbonyl (C=O) groups excluding carboxylic acids is 2. The van der Waals surface area contributed by atoms with Crippen LogP contribution in [-0.2, 0) is 16.1 Å². The summed E-state index contributed by atoms with van der Waals surface area (Å²) >= 11 is 1.44. The molecule has 2 aliphatic heterocycles. The summed E-state index contributed by atoms with van der Waals surface area (Å²) in [5.74, 6) is -0.341. The minimum absolute atomic E-state index is 0.0830. The number of imidazole rings is 1. The summed E-state index contributed by atoms with van der Waals surface area (Å²) < 4.78 is 6.66. The lowest BCUT2D eigenvalue weighted by molar-refractivity contribution is -0.135. The monoisotopic (exact) mass is 412 g/mol. The van der Waals surface area contributed by atoms with E-state index in [0.29, 0.717) is 18.8 Å². The number of pyridine rings is 1. The van der Waals surface area contributed by atoms with Crippen molar-refractivity contribution >= 4 is 39.4 Å². The molecule has 2 fully saturated rings. The standard InChI is InChI=1S/C19H20N6O3S/c1-28-19(27)16-18(29-11-22-16)23-7-12-4-5-13(8-23)25(12)15(26)9-24-10-21-14-3-2-6-20-17(14)24/h2-3,6,10-13H,4-5,7-9H2,1H3/t12-,13+. The van der Waals surface area contributed by atoms with Gasteiger partial charge >= 0.3 is 5.97 Å². The summed E-state index contributed by atoms with van der Waals surface area (Å²) in [6, 6.07) is 3.97. The molecule has 5 rings (SSSR count). The van der Waals surface area contributed by atoms with Crippen LogP contribution in [0.2, 0.25) is 0 Å². The highest BCUT2D eigenvalue weighted by Gasteiger charge is 2.43. The van der Waals surface area contributed by atoms with Gasteiger partial charge in [-0.15, -0.1) is 11.3 Å². The van der Waals surface area contributed by atoms with Crippen molar-refractivity contribution in [2.75, 3.05) is 25.1 Å². The number of hydrogen-bond acceptors (Lipinski definition) is 8. The van der Waals surface area contributed by atoms with Gasteiger partial charge < -0.3 is 19.1 Å². The number of aromatic nitrogens is 4. The molecule has 2 aliphatic rings. The fourth-order valence-corrected chi connectivity index (χ4v) is 5.22. The molecule has 0 radical (unpaired) electrons. The zero-order chi connectivity index (χ0) is 20.0. The first-order chi connectivity index (χ1) is 14.2. The van der Waals surface area contributed by atoms with Crippen molar-refractivity contribution < 1.29 is 14.3 Å². The van der Waals surface area contributed by atoms with Gasteiger partial charge in [0, 0.05) is 31.4 Å². The number of hydrogen-bond donors (Lipinski definition) is 0. The van der Waals surface area contributed by atoms with Crippen molar-refractivity contribution in [3.05, 3.63) is 35.9 Å². The Bertz CT molecular complexity index is 1060. The molecule has 0 saturated carbocycles. The molecule has 3 aromatic heterocycles. The molecule has 5 heterocycles. The number of thiazole rings is 1. The highest BCUT2D eigenvalue weighted by atomic mass is 32.1. The van der Waals surface area contributed by atoms with Gasteiger partial charge in [-0.2, -0.15) is 0 Å². The number of methoxy groups -OCH3 is 1. The summed E-state index contributed by atoms with van der Waals surface area (Å²) in [6.07, 6.45) is 5.31. The molecule has 2 saturated heterocycles. The smallest absolute Gasteiger partial charge is 0.359 e. The number of carbonyl (C=O) groups is 2. The highest BCUT2D eigenvalue weighted by Crippen LogP contribution is 2.36. The molecule has 3 aromatic rings. The fourth-order valence-electron chi connectivity index (χ4n) is 4.42. The number of anilines is 1. The second-order valence-corrected chi connectivity index (χ2v) is 8.14. The normalized spacial score (nSPS) is 21.0. The van der Waals surface area contributed by atoms with Crippen molar-refractivity contribution in [3.63, 3.8) is 0 Å². The minimum atomic E-state index is -0.424. The third kappa shape index (κ3) is 3.03. The Balaban J connectivity index is 1.34. The molecule has 150 valence electrons. The Morgan fingerprint density at radius 3 is 2.76 bits per heavy atom. The average Bonchev–Trinajstić information content (AvgIpc) is 3.44. The predicted molar refractivity (Wildman–Crippen MR) is 107 cm³/mol. The van der Waals surface area contributed by atoms with Gasteiger partial charge in [0.1, 0.15) is 17.1 Å². The lowest BCUT2D eigenvalue weighted by Crippen LogP contribution is -2.56. The van der Waals surface area contributed by atoms with E-state index in [9.17, 15) is 9.59 Å². The number of ether oxygens (including phenoxy) is 1. The van der Waals surface area contributed by atoms with Crippen LogP contribution in [0.25, 0.3) is 11.2 Å². The number of fused-ring (bicyclic) bond motifs is 3. The number of rotatable bonds is 4. The van der Waals surface area contributed by atoms with Crippen LogP contribution in [0, 0.1) is 0 Å². The zero-order valence-electron chi connectivity index (χ0n) is 15.9. The van der Waals surface area contributed by atoms with Gasteiger partial charge in [-0.3, -0.25) is 4.79 Å². The number of nitrogens with zero attached hydrogens (tertiary/aromatic N) is 6. The third-order valence-corrected chi connectivity index (χ3v) is 6.55. The van der Waals surface area contributed by atoms with E-state index in [-0.39, 0.29) is 24.5 Å². The molecule has 0 aromatic carbocycles. The SMILES string of the molecule is COC(=O)c1ncsc1N1C[C@H]2CC[C@@H](C1)N2C(=O)Cn1cnc2cccnc21. The van der Waals surface area contributed by atoms with E-state index in [0.717, 1.165) is 29.0 Å². The molecular weight excluding hydrogens is 392 g/mol. The summed E-state index contributed by atoms with van der Waals surface area (Å²) in [5.41, 5.74) is 3.53. The first-order valence-corrected chi connectivity index (χ1v) is 10.4. The second-order valence-electron chi connectivity index (χ2n) is 7.31. The zero-order valence-corrected chi connectivity index (χ0v) is 16.7. The summed E-state index contributed by atoms with van der Waals surface area (Å²) in [7, 11) is 1.36. The molecule has 0 spiro atoms. The van der Waals surface area contributed by atoms with E-state index < -0.39 is 5.97 Å². The van der Waals surface area contributed by atoms with Crippen LogP contribution in [0.15, 0.2) is 30.2 Å². The predicted octanol–water partition coefficient (Wildman–Crippen LogP) is 1.55. The highest BCUT2D eigenvalue weighted by molar-refractivity contribution is 7.14. The molecule has 2 bridgehead atoms. The van der Waals surface area contributed by atoms with Crippen molar-refractivity contribution in [1.29, 1.82) is 0 Å². The summed E-state index contributed by atoms with van der Waals surface area (Å²) in [5, 5.41) is 0.825. The summed E-state index contributed by atoms with van der Waals surface area (Å²) in [4.78, 5) is 42.1. The Hall–Kier alpha value is -3.01. The van der Waals surface area contributed by atoms with Gasteiger partial charge in [0.05, 0.1) is 18.9 Å². The van der Waals surface area contributed by atoms with Crippen molar-refractivity contribution in [2.45, 2.75) is 31.5 Å². The Labute approximate surface area is 170 Å². The largest absolute Gasteiger partial charge is 0.464 e. The minimum Gasteiger partial charge on any atom is -0.464 e. The quantitative estimate of drug-likeness (QED) is 0.600. The van der Waals surface area contributed by atoms with E-state index in [1.54, 1.807) is 18.0 Å². The number of esters is 1. The van der Waals surface area contributed by atoms with Gasteiger partial charge in [-0.1, -0.05) is 0 Å². The lowest BCUT2D eigenvalue weighted by atomic mass is 10.2. The topological polar surface area (TPSA) is 93.5 Å². The molecule has 0 N–H and O–H groups in total. The van der Waals surface area contributed by atoms with Crippen LogP contribution >= 0.6 is 11.3 Å². The van der Waals surface area contributed by atoms with Crippen LogP contribution in [0.5, 0.6) is 0 Å². The first kappa shape index (κ1) is 18.0. The van der Waals surface area contributed by atoms with Crippen molar-refractivity contribution in [3.8, 4) is 0 Å². The Morgan fingerprint density at radius 1 is 1.21 bits per heavy atom. The summed E-state index contributed by atoms with van der Waals surface area (Å²) in [6.45, 7) is 1.61. The maximum atomic E-state index is 13.1. The maximum absolute atomic E-state index is 13.1. The van der Waals surface area contributed by atoms with Crippen LogP contribution in [0.1, 0.15) is 23.3 Å². The van der Waals surface area contributed by atoms with Gasteiger partial charge in [-0.05, 0) is 25.0 Å². The molecule has 29 heavy (non-hydrogen) atoms. The van der Waals surface area contributed by atoms with Gasteiger partial charge in [0.2, 0.25) is 5.91 Å².